The van der Waals surface area contributed by atoms with E-state index >= 15 is 0 Å². The van der Waals surface area contributed by atoms with Crippen LogP contribution in [0.3, 0.4) is 0 Å². The van der Waals surface area contributed by atoms with Crippen molar-refractivity contribution in [3.63, 3.8) is 0 Å². The molecule has 23 heavy (non-hydrogen) atoms. The van der Waals surface area contributed by atoms with E-state index in [-0.39, 0.29) is 5.91 Å². The molecule has 1 amide bonds. The van der Waals surface area contributed by atoms with Crippen LogP contribution in [0.15, 0.2) is 30.6 Å². The van der Waals surface area contributed by atoms with Gasteiger partial charge in [-0.05, 0) is 42.5 Å². The van der Waals surface area contributed by atoms with Gasteiger partial charge in [0.15, 0.2) is 0 Å². The van der Waals surface area contributed by atoms with Crippen LogP contribution in [0, 0.1) is 0 Å². The summed E-state index contributed by atoms with van der Waals surface area (Å²) >= 11 is 0. The molecular formula is C18H20N4O. The first-order valence-electron chi connectivity index (χ1n) is 8.21. The zero-order chi connectivity index (χ0) is 15.6. The third kappa shape index (κ3) is 3.10. The molecule has 1 aromatic heterocycles. The average molecular weight is 308 g/mol. The van der Waals surface area contributed by atoms with E-state index in [0.29, 0.717) is 13.1 Å². The van der Waals surface area contributed by atoms with Crippen molar-refractivity contribution in [3.8, 4) is 0 Å². The second kappa shape index (κ2) is 6.08. The monoisotopic (exact) mass is 308 g/mol. The summed E-state index contributed by atoms with van der Waals surface area (Å²) in [5, 5.41) is 3.03. The number of carbonyl (C=O) groups excluding carboxylic acids is 1. The van der Waals surface area contributed by atoms with Gasteiger partial charge in [0.1, 0.15) is 0 Å². The molecule has 2 aromatic rings. The van der Waals surface area contributed by atoms with Gasteiger partial charge in [0.05, 0.1) is 17.9 Å². The molecule has 5 nitrogen and oxygen atoms in total. The number of fused-ring (bicyclic) bond motifs is 2. The number of carbonyl (C=O) groups is 1. The van der Waals surface area contributed by atoms with Crippen molar-refractivity contribution >= 4 is 11.6 Å². The molecule has 2 aliphatic rings. The van der Waals surface area contributed by atoms with Crippen molar-refractivity contribution in [1.82, 2.24) is 14.9 Å². The number of aryl methyl sites for hydroxylation is 2. The first-order chi connectivity index (χ1) is 11.3. The molecular weight excluding hydrogens is 288 g/mol. The maximum absolute atomic E-state index is 12.3. The van der Waals surface area contributed by atoms with Gasteiger partial charge >= 0.3 is 0 Å². The highest BCUT2D eigenvalue weighted by Gasteiger charge is 2.20. The fourth-order valence-electron chi connectivity index (χ4n) is 3.48. The molecule has 0 radical (unpaired) electrons. The van der Waals surface area contributed by atoms with Crippen molar-refractivity contribution in [2.45, 2.75) is 32.2 Å². The van der Waals surface area contributed by atoms with E-state index in [1.807, 2.05) is 6.07 Å². The largest absolute Gasteiger partial charge is 0.325 e. The highest BCUT2D eigenvalue weighted by Crippen LogP contribution is 2.25. The molecule has 0 spiro atoms. The predicted molar refractivity (Wildman–Crippen MR) is 88.1 cm³/mol. The van der Waals surface area contributed by atoms with E-state index in [1.54, 1.807) is 12.4 Å². The summed E-state index contributed by atoms with van der Waals surface area (Å²) in [6, 6.07) is 6.28. The maximum atomic E-state index is 12.3. The zero-order valence-corrected chi connectivity index (χ0v) is 13.1. The van der Waals surface area contributed by atoms with E-state index in [2.05, 4.69) is 32.3 Å². The van der Waals surface area contributed by atoms with Crippen molar-refractivity contribution in [3.05, 3.63) is 53.1 Å². The Labute approximate surface area is 135 Å². The van der Waals surface area contributed by atoms with Crippen molar-refractivity contribution in [1.29, 1.82) is 0 Å². The number of hydrogen-bond donors (Lipinski definition) is 1. The topological polar surface area (TPSA) is 58.1 Å². The Kier molecular flexibility index (Phi) is 3.79. The van der Waals surface area contributed by atoms with Crippen molar-refractivity contribution in [2.24, 2.45) is 0 Å². The normalized spacial score (nSPS) is 16.7. The van der Waals surface area contributed by atoms with Gasteiger partial charge in [0.25, 0.3) is 0 Å². The second-order valence-corrected chi connectivity index (χ2v) is 6.30. The van der Waals surface area contributed by atoms with Crippen LogP contribution in [0.5, 0.6) is 0 Å². The smallest absolute Gasteiger partial charge is 0.238 e. The molecule has 0 saturated carbocycles. The fraction of sp³-hybridized carbons (Fsp3) is 0.389. The summed E-state index contributed by atoms with van der Waals surface area (Å²) in [5.41, 5.74) is 5.76. The lowest BCUT2D eigenvalue weighted by Crippen LogP contribution is -2.37. The highest BCUT2D eigenvalue weighted by molar-refractivity contribution is 5.92. The third-order valence-corrected chi connectivity index (χ3v) is 4.65. The molecule has 1 aliphatic heterocycles. The number of nitrogens with one attached hydrogen (secondary N) is 1. The standard InChI is InChI=1S/C18H20N4O/c23-18(21-15-5-4-13-2-1-3-14(13)10-15)12-22-9-6-16-17(11-22)20-8-7-19-16/h4-5,7-8,10H,1-3,6,9,11-12H2,(H,21,23). The van der Waals surface area contributed by atoms with Crippen molar-refractivity contribution < 1.29 is 4.79 Å². The maximum Gasteiger partial charge on any atom is 0.238 e. The van der Waals surface area contributed by atoms with E-state index in [0.717, 1.165) is 42.9 Å². The van der Waals surface area contributed by atoms with Crippen LogP contribution >= 0.6 is 0 Å². The Hall–Kier alpha value is -2.27. The zero-order valence-electron chi connectivity index (χ0n) is 13.1. The Morgan fingerprint density at radius 2 is 1.91 bits per heavy atom. The van der Waals surface area contributed by atoms with Gasteiger partial charge in [0, 0.05) is 37.6 Å². The highest BCUT2D eigenvalue weighted by atomic mass is 16.2. The van der Waals surface area contributed by atoms with E-state index in [9.17, 15) is 4.79 Å². The van der Waals surface area contributed by atoms with E-state index in [4.69, 9.17) is 0 Å². The number of aromatic nitrogens is 2. The number of amides is 1. The van der Waals surface area contributed by atoms with Gasteiger partial charge in [0.2, 0.25) is 5.91 Å². The molecule has 0 unspecified atom stereocenters. The SMILES string of the molecule is O=C(CN1CCc2nccnc2C1)Nc1ccc2c(c1)CCC2. The summed E-state index contributed by atoms with van der Waals surface area (Å²) in [6.07, 6.45) is 7.82. The lowest BCUT2D eigenvalue weighted by molar-refractivity contribution is -0.117. The van der Waals surface area contributed by atoms with Gasteiger partial charge in [-0.3, -0.25) is 19.7 Å². The van der Waals surface area contributed by atoms with Crippen LogP contribution < -0.4 is 5.32 Å². The van der Waals surface area contributed by atoms with Gasteiger partial charge in [-0.15, -0.1) is 0 Å². The molecule has 1 aromatic carbocycles. The van der Waals surface area contributed by atoms with Crippen LogP contribution in [-0.4, -0.2) is 33.9 Å². The minimum absolute atomic E-state index is 0.0373. The summed E-state index contributed by atoms with van der Waals surface area (Å²) in [6.45, 7) is 1.94. The summed E-state index contributed by atoms with van der Waals surface area (Å²) in [5.74, 6) is 0.0373. The number of nitrogens with zero attached hydrogens (tertiary/aromatic N) is 3. The molecule has 118 valence electrons. The summed E-state index contributed by atoms with van der Waals surface area (Å²) in [7, 11) is 0. The molecule has 1 N–H and O–H groups in total. The second-order valence-electron chi connectivity index (χ2n) is 6.30. The number of benzene rings is 1. The van der Waals surface area contributed by atoms with Gasteiger partial charge in [-0.2, -0.15) is 0 Å². The lowest BCUT2D eigenvalue weighted by atomic mass is 10.1. The number of anilines is 1. The fourth-order valence-corrected chi connectivity index (χ4v) is 3.48. The molecule has 2 heterocycles. The quantitative estimate of drug-likeness (QED) is 0.942. The summed E-state index contributed by atoms with van der Waals surface area (Å²) < 4.78 is 0. The summed E-state index contributed by atoms with van der Waals surface area (Å²) in [4.78, 5) is 23.1. The molecule has 4 rings (SSSR count). The number of rotatable bonds is 3. The van der Waals surface area contributed by atoms with E-state index in [1.165, 1.54) is 17.5 Å². The molecule has 0 fully saturated rings. The van der Waals surface area contributed by atoms with E-state index < -0.39 is 0 Å². The molecule has 1 aliphatic carbocycles. The van der Waals surface area contributed by atoms with Crippen LogP contribution in [0.4, 0.5) is 5.69 Å². The average Bonchev–Trinajstić information content (AvgIpc) is 3.02. The van der Waals surface area contributed by atoms with Crippen molar-refractivity contribution in [2.75, 3.05) is 18.4 Å². The lowest BCUT2D eigenvalue weighted by Gasteiger charge is -2.26. The Balaban J connectivity index is 1.37. The van der Waals surface area contributed by atoms with Crippen LogP contribution in [-0.2, 0) is 30.6 Å². The van der Waals surface area contributed by atoms with Gasteiger partial charge < -0.3 is 5.32 Å². The molecule has 0 saturated heterocycles. The third-order valence-electron chi connectivity index (χ3n) is 4.65. The Morgan fingerprint density at radius 1 is 1.09 bits per heavy atom. The van der Waals surface area contributed by atoms with Gasteiger partial charge in [-0.25, -0.2) is 0 Å². The number of hydrogen-bond acceptors (Lipinski definition) is 4. The Morgan fingerprint density at radius 3 is 2.83 bits per heavy atom. The molecule has 0 atom stereocenters. The van der Waals surface area contributed by atoms with Crippen LogP contribution in [0.25, 0.3) is 0 Å². The molecule has 5 heteroatoms. The minimum atomic E-state index is 0.0373. The Bertz CT molecular complexity index is 744. The van der Waals surface area contributed by atoms with Crippen LogP contribution in [0.1, 0.15) is 28.9 Å². The first-order valence-corrected chi connectivity index (χ1v) is 8.21. The first kappa shape index (κ1) is 14.3. The van der Waals surface area contributed by atoms with Gasteiger partial charge in [-0.1, -0.05) is 6.07 Å². The predicted octanol–water partition coefficient (Wildman–Crippen LogP) is 1.96. The molecule has 0 bridgehead atoms. The van der Waals surface area contributed by atoms with Crippen LogP contribution in [0.2, 0.25) is 0 Å². The minimum Gasteiger partial charge on any atom is -0.325 e.